The van der Waals surface area contributed by atoms with E-state index in [1.54, 1.807) is 13.8 Å². The van der Waals surface area contributed by atoms with Crippen molar-refractivity contribution in [2.75, 3.05) is 0 Å². The van der Waals surface area contributed by atoms with Crippen molar-refractivity contribution in [1.82, 2.24) is 19.9 Å². The minimum absolute atomic E-state index is 0.0470. The summed E-state index contributed by atoms with van der Waals surface area (Å²) in [5, 5.41) is 0. The van der Waals surface area contributed by atoms with Gasteiger partial charge in [-0.3, -0.25) is 0 Å². The van der Waals surface area contributed by atoms with Gasteiger partial charge in [0.2, 0.25) is 5.41 Å². The van der Waals surface area contributed by atoms with Crippen LogP contribution in [0.15, 0.2) is 84.9 Å². The van der Waals surface area contributed by atoms with Gasteiger partial charge in [0, 0.05) is 5.56 Å². The molecule has 6 aromatic rings. The van der Waals surface area contributed by atoms with Crippen molar-refractivity contribution >= 4 is 22.1 Å². The molecule has 0 bridgehead atoms. The Kier molecular flexibility index (Phi) is 7.26. The second-order valence-corrected chi connectivity index (χ2v) is 11.7. The molecule has 2 heterocycles. The summed E-state index contributed by atoms with van der Waals surface area (Å²) in [6.07, 6.45) is -16.2. The van der Waals surface area contributed by atoms with E-state index < -0.39 is 40.5 Å². The molecular weight excluding hydrogens is 635 g/mol. The highest BCUT2D eigenvalue weighted by Gasteiger charge is 2.72. The van der Waals surface area contributed by atoms with Crippen LogP contribution < -0.4 is 0 Å². The van der Waals surface area contributed by atoms with E-state index in [9.17, 15) is 39.5 Å². The second kappa shape index (κ2) is 10.6. The van der Waals surface area contributed by atoms with Crippen LogP contribution in [0.4, 0.5) is 39.5 Å². The lowest BCUT2D eigenvalue weighted by Gasteiger charge is -2.38. The quantitative estimate of drug-likeness (QED) is 0.181. The number of nitrogens with zero attached hydrogens (tertiary/aromatic N) is 2. The molecular formula is C34H25F9N4. The summed E-state index contributed by atoms with van der Waals surface area (Å²) >= 11 is 0. The number of hydrogen-bond donors (Lipinski definition) is 2. The van der Waals surface area contributed by atoms with E-state index in [1.165, 1.54) is 48.5 Å². The highest BCUT2D eigenvalue weighted by Crippen LogP contribution is 2.56. The third-order valence-electron chi connectivity index (χ3n) is 8.73. The first-order valence-electron chi connectivity index (χ1n) is 14.2. The largest absolute Gasteiger partial charge is 0.411 e. The number of imidazole rings is 2. The van der Waals surface area contributed by atoms with Crippen LogP contribution in [0.1, 0.15) is 40.6 Å². The molecule has 0 aliphatic heterocycles. The summed E-state index contributed by atoms with van der Waals surface area (Å²) in [4.78, 5) is 14.5. The average Bonchev–Trinajstić information content (AvgIpc) is 3.58. The molecule has 6 rings (SSSR count). The Balaban J connectivity index is 1.42. The summed E-state index contributed by atoms with van der Waals surface area (Å²) in [7, 11) is 0. The van der Waals surface area contributed by atoms with Crippen molar-refractivity contribution in [2.45, 2.75) is 50.1 Å². The minimum Gasteiger partial charge on any atom is -0.342 e. The minimum atomic E-state index is -5.75. The van der Waals surface area contributed by atoms with Crippen molar-refractivity contribution in [3.8, 4) is 11.4 Å². The molecule has 4 aromatic carbocycles. The van der Waals surface area contributed by atoms with E-state index >= 15 is 0 Å². The summed E-state index contributed by atoms with van der Waals surface area (Å²) in [6, 6.07) is 15.8. The first kappa shape index (κ1) is 32.1. The predicted molar refractivity (Wildman–Crippen MR) is 159 cm³/mol. The monoisotopic (exact) mass is 660 g/mol. The SMILES string of the molecule is Cc1ccc(C(c2ccc(-c3nc4cc(C(C)(c5ccc6[nH]c(C)nc6c5)C(F)(F)F)ccc4[nH]3)cc2)(C(F)(F)F)C(F)(F)F)cc1. The van der Waals surface area contributed by atoms with Gasteiger partial charge in [0.1, 0.15) is 17.1 Å². The van der Waals surface area contributed by atoms with Crippen molar-refractivity contribution in [3.05, 3.63) is 119 Å². The Morgan fingerprint density at radius 2 is 0.957 bits per heavy atom. The third kappa shape index (κ3) is 5.03. The van der Waals surface area contributed by atoms with E-state index in [-0.39, 0.29) is 28.0 Å². The topological polar surface area (TPSA) is 57.4 Å². The van der Waals surface area contributed by atoms with Crippen LogP contribution in [-0.4, -0.2) is 38.5 Å². The van der Waals surface area contributed by atoms with Crippen LogP contribution >= 0.6 is 0 Å². The van der Waals surface area contributed by atoms with E-state index in [0.29, 0.717) is 27.9 Å². The van der Waals surface area contributed by atoms with Gasteiger partial charge in [-0.05, 0) is 67.3 Å². The number of aryl methyl sites for hydroxylation is 2. The van der Waals surface area contributed by atoms with Crippen LogP contribution in [0, 0.1) is 13.8 Å². The van der Waals surface area contributed by atoms with E-state index in [1.807, 2.05) is 0 Å². The summed E-state index contributed by atoms with van der Waals surface area (Å²) in [6.45, 7) is 4.27. The Hall–Kier alpha value is -4.81. The number of halogens is 9. The molecule has 0 spiro atoms. The third-order valence-corrected chi connectivity index (χ3v) is 8.73. The zero-order valence-electron chi connectivity index (χ0n) is 24.9. The molecule has 13 heteroatoms. The van der Waals surface area contributed by atoms with Gasteiger partial charge >= 0.3 is 18.5 Å². The first-order valence-corrected chi connectivity index (χ1v) is 14.2. The summed E-state index contributed by atoms with van der Waals surface area (Å²) < 4.78 is 131. The molecule has 0 saturated heterocycles. The maximum Gasteiger partial charge on any atom is 0.411 e. The number of alkyl halides is 9. The van der Waals surface area contributed by atoms with Crippen LogP contribution in [0.2, 0.25) is 0 Å². The Labute approximate surface area is 261 Å². The van der Waals surface area contributed by atoms with E-state index in [4.69, 9.17) is 0 Å². The van der Waals surface area contributed by atoms with Gasteiger partial charge in [0.15, 0.2) is 0 Å². The van der Waals surface area contributed by atoms with E-state index in [2.05, 4.69) is 19.9 Å². The molecule has 4 nitrogen and oxygen atoms in total. The first-order chi connectivity index (χ1) is 21.9. The fraction of sp³-hybridized carbons (Fsp3) is 0.235. The standard InChI is InChI=1S/C34H25F9N4/c1-18-4-8-21(9-5-18)31(33(38,39)40,34(41,42)43)22-10-6-20(7-11-22)29-46-26-15-13-24(17-28(26)47-29)30(3,32(35,36)37)23-12-14-25-27(16-23)45-19(2)44-25/h4-17H,1-3H3,(H,44,45)(H,46,47). The molecule has 1 unspecified atom stereocenters. The Morgan fingerprint density at radius 3 is 1.45 bits per heavy atom. The van der Waals surface area contributed by atoms with Crippen LogP contribution in [-0.2, 0) is 10.8 Å². The predicted octanol–water partition coefficient (Wildman–Crippen LogP) is 10.0. The fourth-order valence-corrected chi connectivity index (χ4v) is 6.06. The number of aromatic amines is 2. The number of fused-ring (bicyclic) bond motifs is 2. The van der Waals surface area contributed by atoms with Crippen LogP contribution in [0.3, 0.4) is 0 Å². The maximum atomic E-state index is 14.8. The van der Waals surface area contributed by atoms with E-state index in [0.717, 1.165) is 43.3 Å². The molecule has 0 aliphatic carbocycles. The molecule has 1 atom stereocenters. The average molecular weight is 661 g/mol. The molecule has 0 radical (unpaired) electrons. The number of aromatic nitrogens is 4. The van der Waals surface area contributed by atoms with Crippen molar-refractivity contribution in [1.29, 1.82) is 0 Å². The maximum absolute atomic E-state index is 14.8. The number of nitrogens with one attached hydrogen (secondary N) is 2. The molecule has 244 valence electrons. The normalized spacial score (nSPS) is 14.6. The van der Waals surface area contributed by atoms with Gasteiger partial charge in [-0.2, -0.15) is 39.5 Å². The summed E-state index contributed by atoms with van der Waals surface area (Å²) in [5.41, 5.74) is -7.01. The molecule has 0 fully saturated rings. The summed E-state index contributed by atoms with van der Waals surface area (Å²) in [5.74, 6) is 0.591. The van der Waals surface area contributed by atoms with Crippen molar-refractivity contribution in [3.63, 3.8) is 0 Å². The molecule has 0 saturated carbocycles. The van der Waals surface area contributed by atoms with Crippen molar-refractivity contribution in [2.24, 2.45) is 0 Å². The van der Waals surface area contributed by atoms with Crippen LogP contribution in [0.5, 0.6) is 0 Å². The zero-order chi connectivity index (χ0) is 34.2. The lowest BCUT2D eigenvalue weighted by Crippen LogP contribution is -2.54. The molecule has 47 heavy (non-hydrogen) atoms. The molecule has 0 amide bonds. The van der Waals surface area contributed by atoms with Gasteiger partial charge in [0.25, 0.3) is 0 Å². The smallest absolute Gasteiger partial charge is 0.342 e. The molecule has 2 N–H and O–H groups in total. The number of benzene rings is 4. The van der Waals surface area contributed by atoms with Gasteiger partial charge in [-0.25, -0.2) is 9.97 Å². The molecule has 2 aromatic heterocycles. The molecule has 0 aliphatic rings. The number of H-pyrrole nitrogens is 2. The Morgan fingerprint density at radius 1 is 0.511 bits per heavy atom. The van der Waals surface area contributed by atoms with Gasteiger partial charge < -0.3 is 9.97 Å². The highest BCUT2D eigenvalue weighted by molar-refractivity contribution is 5.81. The Bertz CT molecular complexity index is 2070. The number of hydrogen-bond acceptors (Lipinski definition) is 2. The number of rotatable bonds is 5. The lowest BCUT2D eigenvalue weighted by molar-refractivity contribution is -0.288. The second-order valence-electron chi connectivity index (χ2n) is 11.7. The van der Waals surface area contributed by atoms with Gasteiger partial charge in [-0.1, -0.05) is 66.2 Å². The van der Waals surface area contributed by atoms with Gasteiger partial charge in [-0.15, -0.1) is 0 Å². The van der Waals surface area contributed by atoms with Crippen molar-refractivity contribution < 1.29 is 39.5 Å². The zero-order valence-corrected chi connectivity index (χ0v) is 24.9. The van der Waals surface area contributed by atoms with Gasteiger partial charge in [0.05, 0.1) is 22.1 Å². The van der Waals surface area contributed by atoms with Crippen LogP contribution in [0.25, 0.3) is 33.5 Å². The highest BCUT2D eigenvalue weighted by atomic mass is 19.4. The lowest BCUT2D eigenvalue weighted by atomic mass is 9.72. The fourth-order valence-electron chi connectivity index (χ4n) is 6.06.